The number of nitrogens with zero attached hydrogens (tertiary/aromatic N) is 1. The van der Waals surface area contributed by atoms with E-state index in [4.69, 9.17) is 21.9 Å². The third kappa shape index (κ3) is 2.57. The monoisotopic (exact) mass is 251 g/mol. The first kappa shape index (κ1) is 11.5. The third-order valence-corrected chi connectivity index (χ3v) is 2.36. The van der Waals surface area contributed by atoms with Crippen LogP contribution in [0.2, 0.25) is 5.02 Å². The molecule has 1 aromatic heterocycles. The molecule has 0 aliphatic carbocycles. The lowest BCUT2D eigenvalue weighted by Crippen LogP contribution is -2.13. The van der Waals surface area contributed by atoms with Gasteiger partial charge < -0.3 is 10.3 Å². The lowest BCUT2D eigenvalue weighted by molar-refractivity contribution is 0.102. The van der Waals surface area contributed by atoms with Crippen molar-refractivity contribution >= 4 is 29.1 Å². The van der Waals surface area contributed by atoms with Crippen molar-refractivity contribution in [3.8, 4) is 0 Å². The van der Waals surface area contributed by atoms with E-state index in [0.29, 0.717) is 22.0 Å². The van der Waals surface area contributed by atoms with Crippen molar-refractivity contribution in [2.45, 2.75) is 6.92 Å². The maximum absolute atomic E-state index is 11.9. The highest BCUT2D eigenvalue weighted by molar-refractivity contribution is 6.31. The number of nitrogens with one attached hydrogen (secondary N) is 1. The summed E-state index contributed by atoms with van der Waals surface area (Å²) >= 11 is 5.80. The van der Waals surface area contributed by atoms with Crippen LogP contribution >= 0.6 is 11.6 Å². The van der Waals surface area contributed by atoms with Gasteiger partial charge in [0.25, 0.3) is 5.91 Å². The van der Waals surface area contributed by atoms with Crippen molar-refractivity contribution in [2.24, 2.45) is 0 Å². The second-order valence-corrected chi connectivity index (χ2v) is 3.95. The van der Waals surface area contributed by atoms with E-state index < -0.39 is 0 Å². The Morgan fingerprint density at radius 1 is 1.47 bits per heavy atom. The van der Waals surface area contributed by atoms with Gasteiger partial charge in [0.05, 0.1) is 11.3 Å². The Balaban J connectivity index is 2.22. The molecule has 17 heavy (non-hydrogen) atoms. The van der Waals surface area contributed by atoms with E-state index in [2.05, 4.69) is 10.5 Å². The minimum Gasteiger partial charge on any atom is -0.398 e. The third-order valence-electron chi connectivity index (χ3n) is 2.12. The Hall–Kier alpha value is -2.01. The molecule has 0 saturated carbocycles. The van der Waals surface area contributed by atoms with E-state index in [9.17, 15) is 4.79 Å². The average Bonchev–Trinajstić information content (AvgIpc) is 2.67. The number of aromatic nitrogens is 1. The van der Waals surface area contributed by atoms with E-state index in [1.807, 2.05) is 0 Å². The van der Waals surface area contributed by atoms with Gasteiger partial charge >= 0.3 is 0 Å². The van der Waals surface area contributed by atoms with E-state index in [-0.39, 0.29) is 11.8 Å². The zero-order chi connectivity index (χ0) is 12.4. The molecular weight excluding hydrogens is 242 g/mol. The van der Waals surface area contributed by atoms with E-state index in [1.54, 1.807) is 25.1 Å². The molecule has 3 N–H and O–H groups in total. The molecule has 88 valence electrons. The number of carbonyl (C=O) groups is 1. The number of carbonyl (C=O) groups excluding carboxylic acids is 1. The molecule has 2 aromatic rings. The van der Waals surface area contributed by atoms with Crippen LogP contribution in [0.1, 0.15) is 16.1 Å². The van der Waals surface area contributed by atoms with Gasteiger partial charge in [0.2, 0.25) is 5.88 Å². The molecule has 0 aliphatic heterocycles. The number of aryl methyl sites for hydroxylation is 1. The van der Waals surface area contributed by atoms with Crippen LogP contribution in [0.25, 0.3) is 0 Å². The summed E-state index contributed by atoms with van der Waals surface area (Å²) in [6.07, 6.45) is 0. The maximum Gasteiger partial charge on any atom is 0.260 e. The first-order valence-electron chi connectivity index (χ1n) is 4.86. The summed E-state index contributed by atoms with van der Waals surface area (Å²) in [7, 11) is 0. The zero-order valence-corrected chi connectivity index (χ0v) is 9.78. The van der Waals surface area contributed by atoms with Crippen LogP contribution in [0.4, 0.5) is 11.6 Å². The molecule has 5 nitrogen and oxygen atoms in total. The van der Waals surface area contributed by atoms with Crippen LogP contribution < -0.4 is 11.1 Å². The number of hydrogen-bond donors (Lipinski definition) is 2. The Kier molecular flexibility index (Phi) is 3.01. The van der Waals surface area contributed by atoms with Crippen LogP contribution in [0, 0.1) is 6.92 Å². The van der Waals surface area contributed by atoms with E-state index >= 15 is 0 Å². The Labute approximate surface area is 103 Å². The Morgan fingerprint density at radius 2 is 2.24 bits per heavy atom. The number of benzene rings is 1. The first-order chi connectivity index (χ1) is 8.06. The molecule has 0 bridgehead atoms. The van der Waals surface area contributed by atoms with Gasteiger partial charge in [-0.1, -0.05) is 16.8 Å². The fourth-order valence-electron chi connectivity index (χ4n) is 1.33. The quantitative estimate of drug-likeness (QED) is 0.804. The molecule has 0 saturated heterocycles. The molecule has 1 heterocycles. The van der Waals surface area contributed by atoms with Gasteiger partial charge in [0.15, 0.2) is 0 Å². The Morgan fingerprint density at radius 3 is 2.88 bits per heavy atom. The topological polar surface area (TPSA) is 81.2 Å². The van der Waals surface area contributed by atoms with Crippen molar-refractivity contribution in [3.05, 3.63) is 40.5 Å². The maximum atomic E-state index is 11.9. The van der Waals surface area contributed by atoms with E-state index in [0.717, 1.165) is 0 Å². The molecule has 0 fully saturated rings. The molecule has 0 spiro atoms. The van der Waals surface area contributed by atoms with Crippen molar-refractivity contribution < 1.29 is 9.32 Å². The van der Waals surface area contributed by atoms with Gasteiger partial charge in [-0.15, -0.1) is 0 Å². The van der Waals surface area contributed by atoms with E-state index in [1.165, 1.54) is 6.07 Å². The number of anilines is 2. The van der Waals surface area contributed by atoms with Crippen LogP contribution in [0.3, 0.4) is 0 Å². The molecule has 2 rings (SSSR count). The highest BCUT2D eigenvalue weighted by atomic mass is 35.5. The van der Waals surface area contributed by atoms with Gasteiger partial charge in [-0.3, -0.25) is 10.1 Å². The van der Waals surface area contributed by atoms with Gasteiger partial charge in [-0.05, 0) is 25.1 Å². The molecule has 0 radical (unpaired) electrons. The number of halogens is 1. The standard InChI is InChI=1S/C11H10ClN3O2/c1-6-4-10(17-15-6)14-11(16)8-5-7(12)2-3-9(8)13/h2-5H,13H2,1H3,(H,14,16). The van der Waals surface area contributed by atoms with Crippen LogP contribution in [0.15, 0.2) is 28.8 Å². The highest BCUT2D eigenvalue weighted by Gasteiger charge is 2.12. The molecule has 0 unspecified atom stereocenters. The lowest BCUT2D eigenvalue weighted by Gasteiger charge is -2.04. The Bertz CT molecular complexity index is 566. The minimum atomic E-state index is -0.388. The molecule has 0 atom stereocenters. The predicted molar refractivity (Wildman–Crippen MR) is 65.1 cm³/mol. The molecular formula is C11H10ClN3O2. The lowest BCUT2D eigenvalue weighted by atomic mass is 10.1. The van der Waals surface area contributed by atoms with Gasteiger partial charge in [0, 0.05) is 16.8 Å². The van der Waals surface area contributed by atoms with Gasteiger partial charge in [-0.2, -0.15) is 0 Å². The summed E-state index contributed by atoms with van der Waals surface area (Å²) in [5.74, 6) is -0.118. The van der Waals surface area contributed by atoms with Crippen LogP contribution in [0.5, 0.6) is 0 Å². The van der Waals surface area contributed by atoms with Crippen molar-refractivity contribution in [2.75, 3.05) is 11.1 Å². The summed E-state index contributed by atoms with van der Waals surface area (Å²) in [6.45, 7) is 1.76. The number of hydrogen-bond acceptors (Lipinski definition) is 4. The van der Waals surface area contributed by atoms with Crippen molar-refractivity contribution in [3.63, 3.8) is 0 Å². The second-order valence-electron chi connectivity index (χ2n) is 3.52. The molecule has 6 heteroatoms. The minimum absolute atomic E-state index is 0.270. The van der Waals surface area contributed by atoms with Crippen LogP contribution in [-0.2, 0) is 0 Å². The average molecular weight is 252 g/mol. The molecule has 0 aliphatic rings. The number of nitrogen functional groups attached to an aromatic ring is 1. The van der Waals surface area contributed by atoms with Gasteiger partial charge in [-0.25, -0.2) is 0 Å². The smallest absolute Gasteiger partial charge is 0.260 e. The number of amides is 1. The summed E-state index contributed by atoms with van der Waals surface area (Å²) in [5.41, 5.74) is 7.01. The molecule has 1 amide bonds. The molecule has 1 aromatic carbocycles. The summed E-state index contributed by atoms with van der Waals surface area (Å²) < 4.78 is 4.87. The largest absolute Gasteiger partial charge is 0.398 e. The summed E-state index contributed by atoms with van der Waals surface area (Å²) in [4.78, 5) is 11.9. The fourth-order valence-corrected chi connectivity index (χ4v) is 1.50. The van der Waals surface area contributed by atoms with Crippen molar-refractivity contribution in [1.82, 2.24) is 5.16 Å². The first-order valence-corrected chi connectivity index (χ1v) is 5.24. The fraction of sp³-hybridized carbons (Fsp3) is 0.0909. The SMILES string of the molecule is Cc1cc(NC(=O)c2cc(Cl)ccc2N)on1. The summed E-state index contributed by atoms with van der Waals surface area (Å²) in [6, 6.07) is 6.29. The number of rotatable bonds is 2. The normalized spacial score (nSPS) is 10.2. The number of nitrogens with two attached hydrogens (primary N) is 1. The van der Waals surface area contributed by atoms with Gasteiger partial charge in [0.1, 0.15) is 0 Å². The van der Waals surface area contributed by atoms with Crippen LogP contribution in [-0.4, -0.2) is 11.1 Å². The zero-order valence-electron chi connectivity index (χ0n) is 9.03. The highest BCUT2D eigenvalue weighted by Crippen LogP contribution is 2.19. The summed E-state index contributed by atoms with van der Waals surface area (Å²) in [5, 5.41) is 6.64. The second kappa shape index (κ2) is 4.47. The predicted octanol–water partition coefficient (Wildman–Crippen LogP) is 2.47. The van der Waals surface area contributed by atoms with Crippen molar-refractivity contribution in [1.29, 1.82) is 0 Å².